The smallest absolute Gasteiger partial charge is 0.405 e. The van der Waals surface area contributed by atoms with Crippen molar-refractivity contribution in [1.29, 1.82) is 0 Å². The average molecular weight is 393 g/mol. The maximum atomic E-state index is 12.4. The summed E-state index contributed by atoms with van der Waals surface area (Å²) in [6.45, 7) is 2.71. The van der Waals surface area contributed by atoms with Gasteiger partial charge in [0, 0.05) is 18.1 Å². The van der Waals surface area contributed by atoms with Gasteiger partial charge in [-0.2, -0.15) is 18.3 Å². The van der Waals surface area contributed by atoms with Crippen molar-refractivity contribution in [3.05, 3.63) is 47.0 Å². The third-order valence-corrected chi connectivity index (χ3v) is 4.22. The second-order valence-corrected chi connectivity index (χ2v) is 6.29. The number of carboxylic acids is 1. The lowest BCUT2D eigenvalue weighted by Gasteiger charge is -2.12. The molecule has 0 saturated heterocycles. The zero-order valence-electron chi connectivity index (χ0n) is 15.2. The second kappa shape index (κ2) is 7.45. The maximum absolute atomic E-state index is 12.4. The number of alkyl halides is 3. The molecule has 0 aliphatic rings. The third-order valence-electron chi connectivity index (χ3n) is 4.22. The van der Waals surface area contributed by atoms with Gasteiger partial charge in [-0.05, 0) is 36.6 Å². The second-order valence-electron chi connectivity index (χ2n) is 6.29. The molecule has 3 heterocycles. The number of rotatable bonds is 6. The van der Waals surface area contributed by atoms with E-state index in [1.54, 1.807) is 23.7 Å². The third kappa shape index (κ3) is 4.05. The zero-order valence-corrected chi connectivity index (χ0v) is 15.2. The van der Waals surface area contributed by atoms with Crippen molar-refractivity contribution in [3.8, 4) is 0 Å². The molecule has 3 aromatic rings. The van der Waals surface area contributed by atoms with Crippen molar-refractivity contribution in [1.82, 2.24) is 19.7 Å². The summed E-state index contributed by atoms with van der Waals surface area (Å²) in [5, 5.41) is 16.6. The highest BCUT2D eigenvalue weighted by Gasteiger charge is 2.27. The van der Waals surface area contributed by atoms with Gasteiger partial charge in [-0.3, -0.25) is 4.68 Å². The van der Waals surface area contributed by atoms with Crippen LogP contribution >= 0.6 is 0 Å². The summed E-state index contributed by atoms with van der Waals surface area (Å²) >= 11 is 0. The molecule has 10 heteroatoms. The van der Waals surface area contributed by atoms with Crippen LogP contribution in [-0.4, -0.2) is 43.5 Å². The van der Waals surface area contributed by atoms with Crippen molar-refractivity contribution in [2.45, 2.75) is 33.0 Å². The first-order chi connectivity index (χ1) is 13.2. The van der Waals surface area contributed by atoms with Crippen LogP contribution in [0.15, 0.2) is 24.5 Å². The van der Waals surface area contributed by atoms with Gasteiger partial charge in [0.25, 0.3) is 0 Å². The van der Waals surface area contributed by atoms with Crippen LogP contribution in [0.5, 0.6) is 0 Å². The van der Waals surface area contributed by atoms with E-state index in [9.17, 15) is 23.1 Å². The van der Waals surface area contributed by atoms with Gasteiger partial charge in [0.15, 0.2) is 5.69 Å². The summed E-state index contributed by atoms with van der Waals surface area (Å²) in [5.41, 5.74) is 2.50. The number of aryl methyl sites for hydroxylation is 2. The van der Waals surface area contributed by atoms with Gasteiger partial charge >= 0.3 is 12.1 Å². The molecule has 3 rings (SSSR count). The molecule has 0 atom stereocenters. The van der Waals surface area contributed by atoms with Gasteiger partial charge in [-0.25, -0.2) is 14.8 Å². The van der Waals surface area contributed by atoms with E-state index in [-0.39, 0.29) is 11.5 Å². The molecule has 0 unspecified atom stereocenters. The monoisotopic (exact) mass is 393 g/mol. The lowest BCUT2D eigenvalue weighted by atomic mass is 10.1. The molecular weight excluding hydrogens is 375 g/mol. The fourth-order valence-electron chi connectivity index (χ4n) is 3.05. The minimum absolute atomic E-state index is 0.0541. The Morgan fingerprint density at radius 3 is 2.68 bits per heavy atom. The van der Waals surface area contributed by atoms with E-state index < -0.39 is 18.7 Å². The van der Waals surface area contributed by atoms with E-state index in [0.717, 1.165) is 11.3 Å². The van der Waals surface area contributed by atoms with Crippen LogP contribution in [0, 0.1) is 6.92 Å². The van der Waals surface area contributed by atoms with Crippen LogP contribution in [0.25, 0.3) is 10.9 Å². The molecule has 0 bridgehead atoms. The number of hydrogen-bond donors (Lipinski definition) is 2. The molecule has 0 radical (unpaired) electrons. The molecule has 0 aliphatic carbocycles. The molecule has 0 aromatic carbocycles. The number of carbonyl (C=O) groups is 1. The number of halogens is 3. The number of carboxylic acid groups (broad SMARTS) is 1. The average Bonchev–Trinajstić information content (AvgIpc) is 2.96. The van der Waals surface area contributed by atoms with Crippen LogP contribution < -0.4 is 5.32 Å². The first kappa shape index (κ1) is 19.6. The molecule has 0 amide bonds. The molecule has 2 N–H and O–H groups in total. The molecule has 0 saturated carbocycles. The quantitative estimate of drug-likeness (QED) is 0.667. The van der Waals surface area contributed by atoms with Crippen LogP contribution in [0.2, 0.25) is 0 Å². The SMILES string of the molecule is CCc1c2c(C(=O)O)nccc2nn1Cc1cnc(NCC(F)(F)F)c(C)c1. The number of nitrogens with one attached hydrogen (secondary N) is 1. The Bertz CT molecular complexity index is 1030. The van der Waals surface area contributed by atoms with E-state index in [2.05, 4.69) is 20.4 Å². The summed E-state index contributed by atoms with van der Waals surface area (Å²) < 4.78 is 38.8. The van der Waals surface area contributed by atoms with Crippen LogP contribution in [0.3, 0.4) is 0 Å². The van der Waals surface area contributed by atoms with Crippen LogP contribution in [0.1, 0.15) is 34.2 Å². The lowest BCUT2D eigenvalue weighted by molar-refractivity contribution is -0.115. The van der Waals surface area contributed by atoms with Gasteiger partial charge in [-0.15, -0.1) is 0 Å². The Balaban J connectivity index is 1.92. The molecular formula is C18H18F3N5O2. The molecule has 3 aromatic heterocycles. The van der Waals surface area contributed by atoms with Gasteiger partial charge in [-0.1, -0.05) is 6.92 Å². The number of aromatic carboxylic acids is 1. The van der Waals surface area contributed by atoms with Gasteiger partial charge in [0.1, 0.15) is 12.4 Å². The highest BCUT2D eigenvalue weighted by molar-refractivity contribution is 6.01. The van der Waals surface area contributed by atoms with Crippen LogP contribution in [0.4, 0.5) is 19.0 Å². The Kier molecular flexibility index (Phi) is 5.21. The Hall–Kier alpha value is -3.17. The van der Waals surface area contributed by atoms with E-state index in [1.807, 2.05) is 6.92 Å². The number of fused-ring (bicyclic) bond motifs is 1. The predicted octanol–water partition coefficient (Wildman–Crippen LogP) is 3.42. The summed E-state index contributed by atoms with van der Waals surface area (Å²) in [6.07, 6.45) is -0.906. The fourth-order valence-corrected chi connectivity index (χ4v) is 3.05. The fraction of sp³-hybridized carbons (Fsp3) is 0.333. The summed E-state index contributed by atoms with van der Waals surface area (Å²) in [7, 11) is 0. The Morgan fingerprint density at radius 1 is 1.32 bits per heavy atom. The molecule has 0 aliphatic heterocycles. The van der Waals surface area contributed by atoms with Gasteiger partial charge < -0.3 is 10.4 Å². The van der Waals surface area contributed by atoms with Crippen LogP contribution in [-0.2, 0) is 13.0 Å². The van der Waals surface area contributed by atoms with Gasteiger partial charge in [0.2, 0.25) is 0 Å². The number of aromatic nitrogens is 4. The van der Waals surface area contributed by atoms with Crippen molar-refractivity contribution in [3.63, 3.8) is 0 Å². The number of pyridine rings is 2. The number of anilines is 1. The Morgan fingerprint density at radius 2 is 2.07 bits per heavy atom. The summed E-state index contributed by atoms with van der Waals surface area (Å²) in [6, 6.07) is 3.37. The maximum Gasteiger partial charge on any atom is 0.405 e. The largest absolute Gasteiger partial charge is 0.476 e. The van der Waals surface area contributed by atoms with E-state index in [4.69, 9.17) is 0 Å². The molecule has 7 nitrogen and oxygen atoms in total. The topological polar surface area (TPSA) is 92.9 Å². The standard InChI is InChI=1S/C18H18F3N5O2/c1-3-13-14-12(4-5-22-15(14)17(27)28)25-26(13)8-11-6-10(2)16(23-7-11)24-9-18(19,20)21/h4-7H,3,8-9H2,1-2H3,(H,23,24)(H,27,28). The number of nitrogens with zero attached hydrogens (tertiary/aromatic N) is 4. The highest BCUT2D eigenvalue weighted by Crippen LogP contribution is 2.24. The minimum Gasteiger partial charge on any atom is -0.476 e. The van der Waals surface area contributed by atoms with Crippen molar-refractivity contribution in [2.75, 3.05) is 11.9 Å². The zero-order chi connectivity index (χ0) is 20.5. The molecule has 148 valence electrons. The van der Waals surface area contributed by atoms with Crippen molar-refractivity contribution >= 4 is 22.7 Å². The van der Waals surface area contributed by atoms with Crippen molar-refractivity contribution < 1.29 is 23.1 Å². The minimum atomic E-state index is -4.33. The molecule has 28 heavy (non-hydrogen) atoms. The Labute approximate surface area is 158 Å². The highest BCUT2D eigenvalue weighted by atomic mass is 19.4. The first-order valence-corrected chi connectivity index (χ1v) is 8.53. The first-order valence-electron chi connectivity index (χ1n) is 8.53. The summed E-state index contributed by atoms with van der Waals surface area (Å²) in [4.78, 5) is 19.5. The molecule has 0 spiro atoms. The lowest BCUT2D eigenvalue weighted by Crippen LogP contribution is -2.22. The summed E-state index contributed by atoms with van der Waals surface area (Å²) in [5.74, 6) is -0.961. The number of hydrogen-bond acceptors (Lipinski definition) is 5. The molecule has 0 fully saturated rings. The van der Waals surface area contributed by atoms with Gasteiger partial charge in [0.05, 0.1) is 17.4 Å². The normalized spacial score (nSPS) is 11.8. The predicted molar refractivity (Wildman–Crippen MR) is 96.5 cm³/mol. The van der Waals surface area contributed by atoms with E-state index in [0.29, 0.717) is 29.4 Å². The van der Waals surface area contributed by atoms with Crippen molar-refractivity contribution in [2.24, 2.45) is 0 Å². The van der Waals surface area contributed by atoms with E-state index >= 15 is 0 Å². The van der Waals surface area contributed by atoms with E-state index in [1.165, 1.54) is 12.4 Å².